The fourth-order valence-electron chi connectivity index (χ4n) is 3.86. The molecule has 0 N–H and O–H groups in total. The van der Waals surface area contributed by atoms with Gasteiger partial charge in [-0.2, -0.15) is 0 Å². The zero-order valence-corrected chi connectivity index (χ0v) is 13.5. The molecule has 1 nitrogen and oxygen atoms in total. The van der Waals surface area contributed by atoms with Crippen LogP contribution < -0.4 is 0 Å². The van der Waals surface area contributed by atoms with E-state index in [0.29, 0.717) is 5.78 Å². The van der Waals surface area contributed by atoms with E-state index in [1.807, 2.05) is 0 Å². The molecule has 0 spiro atoms. The summed E-state index contributed by atoms with van der Waals surface area (Å²) in [5, 5.41) is 0. The lowest BCUT2D eigenvalue weighted by molar-refractivity contribution is 0.0913. The first-order valence-corrected chi connectivity index (χ1v) is 7.94. The van der Waals surface area contributed by atoms with Crippen molar-refractivity contribution >= 4 is 5.78 Å². The highest BCUT2D eigenvalue weighted by atomic mass is 16.1. The molecule has 0 saturated heterocycles. The van der Waals surface area contributed by atoms with Crippen molar-refractivity contribution in [3.05, 3.63) is 34.4 Å². The van der Waals surface area contributed by atoms with Crippen LogP contribution in [0, 0.1) is 5.92 Å². The van der Waals surface area contributed by atoms with E-state index in [-0.39, 0.29) is 16.7 Å². The smallest absolute Gasteiger partial charge is 0.165 e. The van der Waals surface area contributed by atoms with Crippen LogP contribution in [0.3, 0.4) is 0 Å². The first-order valence-electron chi connectivity index (χ1n) is 7.94. The Balaban J connectivity index is 2.23. The van der Waals surface area contributed by atoms with E-state index < -0.39 is 0 Å². The van der Waals surface area contributed by atoms with Gasteiger partial charge >= 0.3 is 0 Å². The Morgan fingerprint density at radius 1 is 1.00 bits per heavy atom. The Kier molecular flexibility index (Phi) is 2.90. The minimum Gasteiger partial charge on any atom is -0.294 e. The van der Waals surface area contributed by atoms with E-state index in [2.05, 4.69) is 46.8 Å². The lowest BCUT2D eigenvalue weighted by Gasteiger charge is -2.43. The van der Waals surface area contributed by atoms with Crippen LogP contribution in [-0.4, -0.2) is 5.78 Å². The maximum atomic E-state index is 12.5. The molecule has 1 aromatic rings. The number of Topliss-reactive ketones (excluding diaryl/α,β-unsaturated/α-hetero) is 1. The number of carbonyl (C=O) groups is 1. The standard InChI is InChI=1S/C19H26O/c1-12-6-7-13-10-15-16(11-14(13)17(12)20)19(4,5)9-8-18(15,2)3/h10-12H,6-9H2,1-5H3. The van der Waals surface area contributed by atoms with Crippen molar-refractivity contribution in [3.8, 4) is 0 Å². The molecule has 20 heavy (non-hydrogen) atoms. The predicted octanol–water partition coefficient (Wildman–Crippen LogP) is 4.80. The second-order valence-corrected chi connectivity index (χ2v) is 8.13. The van der Waals surface area contributed by atoms with Crippen molar-refractivity contribution in [2.45, 2.75) is 71.1 Å². The summed E-state index contributed by atoms with van der Waals surface area (Å²) in [6, 6.07) is 4.60. The van der Waals surface area contributed by atoms with Crippen LogP contribution in [0.15, 0.2) is 12.1 Å². The van der Waals surface area contributed by atoms with Gasteiger partial charge < -0.3 is 0 Å². The highest BCUT2D eigenvalue weighted by Gasteiger charge is 2.39. The van der Waals surface area contributed by atoms with Crippen LogP contribution in [0.4, 0.5) is 0 Å². The molecule has 1 unspecified atom stereocenters. The van der Waals surface area contributed by atoms with Crippen molar-refractivity contribution < 1.29 is 4.79 Å². The summed E-state index contributed by atoms with van der Waals surface area (Å²) < 4.78 is 0. The van der Waals surface area contributed by atoms with E-state index in [1.165, 1.54) is 29.5 Å². The van der Waals surface area contributed by atoms with Crippen molar-refractivity contribution in [3.63, 3.8) is 0 Å². The molecule has 0 heterocycles. The molecular weight excluding hydrogens is 244 g/mol. The van der Waals surface area contributed by atoms with Crippen molar-refractivity contribution in [2.24, 2.45) is 5.92 Å². The monoisotopic (exact) mass is 270 g/mol. The highest BCUT2D eigenvalue weighted by molar-refractivity contribution is 6.00. The van der Waals surface area contributed by atoms with Crippen LogP contribution in [0.2, 0.25) is 0 Å². The molecule has 0 aromatic heterocycles. The van der Waals surface area contributed by atoms with Gasteiger partial charge in [-0.15, -0.1) is 0 Å². The number of rotatable bonds is 0. The Labute approximate surface area is 122 Å². The minimum atomic E-state index is 0.195. The number of fused-ring (bicyclic) bond motifs is 2. The average Bonchev–Trinajstić information content (AvgIpc) is 2.39. The van der Waals surface area contributed by atoms with Gasteiger partial charge in [0, 0.05) is 11.5 Å². The van der Waals surface area contributed by atoms with Gasteiger partial charge in [-0.1, -0.05) is 40.7 Å². The van der Waals surface area contributed by atoms with Gasteiger partial charge in [-0.05, 0) is 59.3 Å². The van der Waals surface area contributed by atoms with E-state index >= 15 is 0 Å². The molecular formula is C19H26O. The Morgan fingerprint density at radius 3 is 2.15 bits per heavy atom. The average molecular weight is 270 g/mol. The summed E-state index contributed by atoms with van der Waals surface area (Å²) in [7, 11) is 0. The number of hydrogen-bond donors (Lipinski definition) is 0. The summed E-state index contributed by atoms with van der Waals surface area (Å²) in [4.78, 5) is 12.5. The molecule has 1 aromatic carbocycles. The summed E-state index contributed by atoms with van der Waals surface area (Å²) in [5.74, 6) is 0.550. The third kappa shape index (κ3) is 1.94. The number of carbonyl (C=O) groups excluding carboxylic acids is 1. The lowest BCUT2D eigenvalue weighted by atomic mass is 9.62. The van der Waals surface area contributed by atoms with Crippen LogP contribution >= 0.6 is 0 Å². The van der Waals surface area contributed by atoms with Crippen molar-refractivity contribution in [1.29, 1.82) is 0 Å². The second-order valence-electron chi connectivity index (χ2n) is 8.13. The van der Waals surface area contributed by atoms with Gasteiger partial charge in [0.1, 0.15) is 0 Å². The molecule has 2 aliphatic rings. The van der Waals surface area contributed by atoms with E-state index in [1.54, 1.807) is 0 Å². The molecule has 2 aliphatic carbocycles. The summed E-state index contributed by atoms with van der Waals surface area (Å²) in [5.41, 5.74) is 5.63. The summed E-state index contributed by atoms with van der Waals surface area (Å²) in [6.07, 6.45) is 4.51. The third-order valence-corrected chi connectivity index (χ3v) is 5.64. The Hall–Kier alpha value is -1.11. The number of ketones is 1. The maximum absolute atomic E-state index is 12.5. The summed E-state index contributed by atoms with van der Waals surface area (Å²) in [6.45, 7) is 11.4. The zero-order chi connectivity index (χ0) is 14.7. The molecule has 108 valence electrons. The molecule has 0 radical (unpaired) electrons. The highest BCUT2D eigenvalue weighted by Crippen LogP contribution is 2.47. The third-order valence-electron chi connectivity index (χ3n) is 5.64. The largest absolute Gasteiger partial charge is 0.294 e. The van der Waals surface area contributed by atoms with Gasteiger partial charge in [0.15, 0.2) is 5.78 Å². The predicted molar refractivity (Wildman–Crippen MR) is 83.5 cm³/mol. The molecule has 0 aliphatic heterocycles. The number of aryl methyl sites for hydroxylation is 1. The molecule has 0 amide bonds. The molecule has 1 atom stereocenters. The molecule has 0 saturated carbocycles. The van der Waals surface area contributed by atoms with E-state index in [9.17, 15) is 4.79 Å². The molecule has 0 fully saturated rings. The van der Waals surface area contributed by atoms with Crippen LogP contribution in [-0.2, 0) is 17.3 Å². The SMILES string of the molecule is CC1CCc2cc3c(cc2C1=O)C(C)(C)CCC3(C)C. The Morgan fingerprint density at radius 2 is 1.55 bits per heavy atom. The fraction of sp³-hybridized carbons (Fsp3) is 0.632. The Bertz CT molecular complexity index is 578. The van der Waals surface area contributed by atoms with Gasteiger partial charge in [0.05, 0.1) is 0 Å². The second kappa shape index (κ2) is 4.19. The maximum Gasteiger partial charge on any atom is 0.165 e. The van der Waals surface area contributed by atoms with Crippen LogP contribution in [0.25, 0.3) is 0 Å². The zero-order valence-electron chi connectivity index (χ0n) is 13.5. The normalized spacial score (nSPS) is 26.9. The quantitative estimate of drug-likeness (QED) is 0.661. The minimum absolute atomic E-state index is 0.195. The molecule has 3 rings (SSSR count). The van der Waals surface area contributed by atoms with Gasteiger partial charge in [-0.3, -0.25) is 4.79 Å². The van der Waals surface area contributed by atoms with Crippen molar-refractivity contribution in [2.75, 3.05) is 0 Å². The molecule has 1 heteroatoms. The first-order chi connectivity index (χ1) is 9.22. The van der Waals surface area contributed by atoms with E-state index in [0.717, 1.165) is 18.4 Å². The number of benzene rings is 1. The number of hydrogen-bond acceptors (Lipinski definition) is 1. The van der Waals surface area contributed by atoms with Gasteiger partial charge in [0.2, 0.25) is 0 Å². The van der Waals surface area contributed by atoms with Crippen LogP contribution in [0.5, 0.6) is 0 Å². The van der Waals surface area contributed by atoms with Gasteiger partial charge in [0.25, 0.3) is 0 Å². The topological polar surface area (TPSA) is 17.1 Å². The van der Waals surface area contributed by atoms with Crippen LogP contribution in [0.1, 0.15) is 80.9 Å². The van der Waals surface area contributed by atoms with E-state index in [4.69, 9.17) is 0 Å². The summed E-state index contributed by atoms with van der Waals surface area (Å²) >= 11 is 0. The molecule has 0 bridgehead atoms. The fourth-order valence-corrected chi connectivity index (χ4v) is 3.86. The van der Waals surface area contributed by atoms with Crippen molar-refractivity contribution in [1.82, 2.24) is 0 Å². The van der Waals surface area contributed by atoms with Gasteiger partial charge in [-0.25, -0.2) is 0 Å². The first kappa shape index (κ1) is 13.9. The lowest BCUT2D eigenvalue weighted by Crippen LogP contribution is -2.35.